The first-order chi connectivity index (χ1) is 8.81. The van der Waals surface area contributed by atoms with Gasteiger partial charge in [-0.1, -0.05) is 24.3 Å². The van der Waals surface area contributed by atoms with Gasteiger partial charge in [-0.2, -0.15) is 0 Å². The minimum absolute atomic E-state index is 0.00694. The molecule has 2 aromatic heterocycles. The summed E-state index contributed by atoms with van der Waals surface area (Å²) in [5, 5.41) is 15.7. The summed E-state index contributed by atoms with van der Waals surface area (Å²) in [7, 11) is 0. The van der Waals surface area contributed by atoms with Gasteiger partial charge in [-0.3, -0.25) is 5.10 Å². The third kappa shape index (κ3) is 2.10. The molecule has 3 rings (SSSR count). The van der Waals surface area contributed by atoms with Gasteiger partial charge in [-0.25, -0.2) is 4.98 Å². The van der Waals surface area contributed by atoms with E-state index in [1.54, 1.807) is 18.6 Å². The summed E-state index contributed by atoms with van der Waals surface area (Å²) in [6.07, 6.45) is 5.49. The molecule has 0 aliphatic rings. The first-order valence-electron chi connectivity index (χ1n) is 5.61. The van der Waals surface area contributed by atoms with Crippen LogP contribution in [0.25, 0.3) is 11.3 Å². The summed E-state index contributed by atoms with van der Waals surface area (Å²) in [6.45, 7) is 0.800. The fraction of sp³-hybridized carbons (Fsp3) is 0.0769. The van der Waals surface area contributed by atoms with Crippen molar-refractivity contribution < 1.29 is 5.11 Å². The summed E-state index contributed by atoms with van der Waals surface area (Å²) in [5.41, 5.74) is 3.00. The van der Waals surface area contributed by atoms with Crippen LogP contribution in [0.15, 0.2) is 49.1 Å². The fourth-order valence-corrected chi connectivity index (χ4v) is 1.84. The van der Waals surface area contributed by atoms with Crippen LogP contribution in [0.1, 0.15) is 5.56 Å². The standard InChI is InChI=1S/C13H12N4O/c18-13-7-12(15-16-13)11-3-1-10(2-4-11)8-17-6-5-14-9-17/h1-7,9H,8H2,(H2,15,16,18). The molecule has 0 fully saturated rings. The maximum absolute atomic E-state index is 9.19. The van der Waals surface area contributed by atoms with Crippen LogP contribution in [0.2, 0.25) is 0 Å². The average Bonchev–Trinajstić information content (AvgIpc) is 3.02. The SMILES string of the molecule is Oc1cc(-c2ccc(Cn3ccnc3)cc2)[nH]n1. The number of aromatic amines is 1. The van der Waals surface area contributed by atoms with Crippen LogP contribution in [-0.4, -0.2) is 24.9 Å². The Hall–Kier alpha value is -2.56. The van der Waals surface area contributed by atoms with Gasteiger partial charge in [-0.05, 0) is 11.1 Å². The summed E-state index contributed by atoms with van der Waals surface area (Å²) >= 11 is 0. The van der Waals surface area contributed by atoms with Crippen molar-refractivity contribution in [1.82, 2.24) is 19.7 Å². The molecule has 5 heteroatoms. The van der Waals surface area contributed by atoms with Gasteiger partial charge in [0.25, 0.3) is 0 Å². The second-order valence-corrected chi connectivity index (χ2v) is 4.07. The van der Waals surface area contributed by atoms with Crippen molar-refractivity contribution in [2.75, 3.05) is 0 Å². The van der Waals surface area contributed by atoms with E-state index in [4.69, 9.17) is 0 Å². The summed E-state index contributed by atoms with van der Waals surface area (Å²) in [5.74, 6) is 0.00694. The molecule has 0 radical (unpaired) electrons. The molecule has 0 saturated heterocycles. The Morgan fingerprint density at radius 2 is 2.06 bits per heavy atom. The van der Waals surface area contributed by atoms with E-state index in [0.717, 1.165) is 17.8 Å². The Labute approximate surface area is 104 Å². The van der Waals surface area contributed by atoms with Crippen LogP contribution in [0.5, 0.6) is 5.88 Å². The van der Waals surface area contributed by atoms with E-state index in [2.05, 4.69) is 15.2 Å². The third-order valence-electron chi connectivity index (χ3n) is 2.75. The van der Waals surface area contributed by atoms with Crippen molar-refractivity contribution in [3.63, 3.8) is 0 Å². The minimum atomic E-state index is 0.00694. The van der Waals surface area contributed by atoms with Crippen LogP contribution >= 0.6 is 0 Å². The number of hydrogen-bond acceptors (Lipinski definition) is 3. The van der Waals surface area contributed by atoms with E-state index >= 15 is 0 Å². The van der Waals surface area contributed by atoms with Crippen LogP contribution in [0.3, 0.4) is 0 Å². The Morgan fingerprint density at radius 1 is 1.22 bits per heavy atom. The molecule has 0 spiro atoms. The predicted octanol–water partition coefficient (Wildman–Crippen LogP) is 2.03. The van der Waals surface area contributed by atoms with Gasteiger partial charge < -0.3 is 9.67 Å². The van der Waals surface area contributed by atoms with Crippen molar-refractivity contribution in [2.24, 2.45) is 0 Å². The molecule has 0 bridgehead atoms. The van der Waals surface area contributed by atoms with Gasteiger partial charge in [0.1, 0.15) is 0 Å². The summed E-state index contributed by atoms with van der Waals surface area (Å²) in [4.78, 5) is 4.01. The predicted molar refractivity (Wildman–Crippen MR) is 67.0 cm³/mol. The van der Waals surface area contributed by atoms with E-state index in [9.17, 15) is 5.11 Å². The second kappa shape index (κ2) is 4.37. The topological polar surface area (TPSA) is 66.7 Å². The third-order valence-corrected chi connectivity index (χ3v) is 2.75. The van der Waals surface area contributed by atoms with Crippen LogP contribution in [-0.2, 0) is 6.54 Å². The average molecular weight is 240 g/mol. The maximum atomic E-state index is 9.19. The van der Waals surface area contributed by atoms with Gasteiger partial charge in [0, 0.05) is 25.0 Å². The number of aromatic hydroxyl groups is 1. The van der Waals surface area contributed by atoms with Crippen molar-refractivity contribution in [1.29, 1.82) is 0 Å². The Bertz CT molecular complexity index is 625. The molecule has 0 aliphatic heterocycles. The number of rotatable bonds is 3. The summed E-state index contributed by atoms with van der Waals surface area (Å²) in [6, 6.07) is 9.70. The van der Waals surface area contributed by atoms with E-state index in [1.165, 1.54) is 5.56 Å². The molecule has 0 atom stereocenters. The lowest BCUT2D eigenvalue weighted by Gasteiger charge is -2.03. The van der Waals surface area contributed by atoms with Gasteiger partial charge >= 0.3 is 0 Å². The van der Waals surface area contributed by atoms with Crippen molar-refractivity contribution in [2.45, 2.75) is 6.54 Å². The molecular formula is C13H12N4O. The van der Waals surface area contributed by atoms with Crippen molar-refractivity contribution in [3.05, 3.63) is 54.6 Å². The number of nitrogens with one attached hydrogen (secondary N) is 1. The van der Waals surface area contributed by atoms with Gasteiger partial charge in [0.15, 0.2) is 0 Å². The lowest BCUT2D eigenvalue weighted by molar-refractivity contribution is 0.452. The largest absolute Gasteiger partial charge is 0.492 e. The lowest BCUT2D eigenvalue weighted by atomic mass is 10.1. The highest BCUT2D eigenvalue weighted by molar-refractivity contribution is 5.60. The molecule has 0 aliphatic carbocycles. The molecule has 2 N–H and O–H groups in total. The zero-order valence-corrected chi connectivity index (χ0v) is 9.61. The van der Waals surface area contributed by atoms with Gasteiger partial charge in [0.05, 0.1) is 12.0 Å². The zero-order chi connectivity index (χ0) is 12.4. The number of H-pyrrole nitrogens is 1. The van der Waals surface area contributed by atoms with Crippen LogP contribution in [0.4, 0.5) is 0 Å². The Balaban J connectivity index is 1.81. The lowest BCUT2D eigenvalue weighted by Crippen LogP contribution is -1.95. The molecule has 0 saturated carbocycles. The maximum Gasteiger partial charge on any atom is 0.230 e. The molecule has 0 unspecified atom stereocenters. The molecular weight excluding hydrogens is 228 g/mol. The second-order valence-electron chi connectivity index (χ2n) is 4.07. The zero-order valence-electron chi connectivity index (χ0n) is 9.61. The quantitative estimate of drug-likeness (QED) is 0.736. The number of benzene rings is 1. The molecule has 3 aromatic rings. The van der Waals surface area contributed by atoms with E-state index in [1.807, 2.05) is 35.0 Å². The fourth-order valence-electron chi connectivity index (χ4n) is 1.84. The Morgan fingerprint density at radius 3 is 2.67 bits per heavy atom. The van der Waals surface area contributed by atoms with E-state index < -0.39 is 0 Å². The van der Waals surface area contributed by atoms with Crippen molar-refractivity contribution in [3.8, 4) is 17.1 Å². The molecule has 1 aromatic carbocycles. The van der Waals surface area contributed by atoms with Crippen LogP contribution in [0, 0.1) is 0 Å². The smallest absolute Gasteiger partial charge is 0.230 e. The minimum Gasteiger partial charge on any atom is -0.492 e. The van der Waals surface area contributed by atoms with Crippen molar-refractivity contribution >= 4 is 0 Å². The monoisotopic (exact) mass is 240 g/mol. The molecule has 5 nitrogen and oxygen atoms in total. The van der Waals surface area contributed by atoms with Crippen LogP contribution < -0.4 is 0 Å². The van der Waals surface area contributed by atoms with E-state index in [-0.39, 0.29) is 5.88 Å². The number of imidazole rings is 1. The number of hydrogen-bond donors (Lipinski definition) is 2. The normalized spacial score (nSPS) is 10.7. The molecule has 18 heavy (non-hydrogen) atoms. The first-order valence-corrected chi connectivity index (χ1v) is 5.61. The summed E-state index contributed by atoms with van der Waals surface area (Å²) < 4.78 is 2.01. The molecule has 90 valence electrons. The molecule has 2 heterocycles. The first kappa shape index (κ1) is 10.6. The van der Waals surface area contributed by atoms with Gasteiger partial charge in [0.2, 0.25) is 5.88 Å². The van der Waals surface area contributed by atoms with E-state index in [0.29, 0.717) is 0 Å². The highest BCUT2D eigenvalue weighted by Gasteiger charge is 2.02. The number of nitrogens with zero attached hydrogens (tertiary/aromatic N) is 3. The highest BCUT2D eigenvalue weighted by Crippen LogP contribution is 2.20. The highest BCUT2D eigenvalue weighted by atomic mass is 16.3. The van der Waals surface area contributed by atoms with Gasteiger partial charge in [-0.15, -0.1) is 5.10 Å². The Kier molecular flexibility index (Phi) is 2.57. The number of aromatic nitrogens is 4. The molecule has 0 amide bonds.